The summed E-state index contributed by atoms with van der Waals surface area (Å²) in [7, 11) is 2.10. The average Bonchev–Trinajstić information content (AvgIpc) is 2.50. The zero-order valence-electron chi connectivity index (χ0n) is 7.18. The van der Waals surface area contributed by atoms with Crippen LogP contribution in [0.3, 0.4) is 0 Å². The predicted molar refractivity (Wildman–Crippen MR) is 51.4 cm³/mol. The van der Waals surface area contributed by atoms with Gasteiger partial charge in [-0.2, -0.15) is 0 Å². The van der Waals surface area contributed by atoms with Crippen molar-refractivity contribution in [3.05, 3.63) is 16.3 Å². The summed E-state index contributed by atoms with van der Waals surface area (Å²) >= 11 is 1.08. The number of hydrogen-bond donors (Lipinski definition) is 1. The molecule has 0 bridgehead atoms. The standard InChI is InChI=1S/C7H9NO3S2/c1-8(2)13(11)5-3-6(7(9)10)12-4-5/h3-4H,1-2H3,(H,9,10). The van der Waals surface area contributed by atoms with Crippen LogP contribution in [0.2, 0.25) is 0 Å². The van der Waals surface area contributed by atoms with Gasteiger partial charge in [0, 0.05) is 5.38 Å². The third-order valence-corrected chi connectivity index (χ3v) is 3.69. The summed E-state index contributed by atoms with van der Waals surface area (Å²) in [4.78, 5) is 11.3. The smallest absolute Gasteiger partial charge is 0.345 e. The number of aromatic carboxylic acids is 1. The lowest BCUT2D eigenvalue weighted by atomic mass is 10.5. The van der Waals surface area contributed by atoms with Crippen molar-refractivity contribution in [1.82, 2.24) is 4.31 Å². The second kappa shape index (κ2) is 3.99. The molecule has 1 aromatic rings. The Balaban J connectivity index is 2.92. The lowest BCUT2D eigenvalue weighted by Gasteiger charge is -2.05. The largest absolute Gasteiger partial charge is 0.477 e. The first-order chi connectivity index (χ1) is 6.02. The molecule has 0 spiro atoms. The van der Waals surface area contributed by atoms with Gasteiger partial charge in [0.1, 0.15) is 15.9 Å². The minimum absolute atomic E-state index is 0.213. The molecular weight excluding hydrogens is 210 g/mol. The van der Waals surface area contributed by atoms with Gasteiger partial charge in [-0.3, -0.25) is 0 Å². The number of carboxylic acids is 1. The van der Waals surface area contributed by atoms with Crippen LogP contribution in [0.1, 0.15) is 9.67 Å². The number of hydrogen-bond acceptors (Lipinski definition) is 3. The zero-order valence-corrected chi connectivity index (χ0v) is 8.82. The average molecular weight is 219 g/mol. The van der Waals surface area contributed by atoms with E-state index in [4.69, 9.17) is 5.11 Å². The highest BCUT2D eigenvalue weighted by molar-refractivity contribution is 7.82. The van der Waals surface area contributed by atoms with Crippen molar-refractivity contribution in [2.24, 2.45) is 0 Å². The quantitative estimate of drug-likeness (QED) is 0.826. The van der Waals surface area contributed by atoms with Crippen LogP contribution in [0, 0.1) is 0 Å². The van der Waals surface area contributed by atoms with Gasteiger partial charge in [0.2, 0.25) is 0 Å². The Morgan fingerprint density at radius 3 is 2.62 bits per heavy atom. The van der Waals surface area contributed by atoms with Crippen LogP contribution in [0.15, 0.2) is 16.3 Å². The topological polar surface area (TPSA) is 57.6 Å². The molecular formula is C7H9NO3S2. The number of nitrogens with zero attached hydrogens (tertiary/aromatic N) is 1. The van der Waals surface area contributed by atoms with Crippen molar-refractivity contribution < 1.29 is 14.1 Å². The Bertz CT molecular complexity index is 345. The second-order valence-corrected chi connectivity index (χ2v) is 5.12. The summed E-state index contributed by atoms with van der Waals surface area (Å²) in [5.74, 6) is -0.980. The molecule has 1 unspecified atom stereocenters. The molecule has 0 amide bonds. The molecule has 1 N–H and O–H groups in total. The van der Waals surface area contributed by atoms with Gasteiger partial charge in [-0.25, -0.2) is 13.3 Å². The summed E-state index contributed by atoms with van der Waals surface area (Å²) in [5, 5.41) is 10.2. The third kappa shape index (κ3) is 2.36. The molecule has 0 fully saturated rings. The van der Waals surface area contributed by atoms with Crippen LogP contribution in [0.4, 0.5) is 0 Å². The highest BCUT2D eigenvalue weighted by atomic mass is 32.2. The van der Waals surface area contributed by atoms with Crippen molar-refractivity contribution in [1.29, 1.82) is 0 Å². The second-order valence-electron chi connectivity index (χ2n) is 2.51. The summed E-state index contributed by atoms with van der Waals surface area (Å²) in [6, 6.07) is 1.43. The minimum atomic E-state index is -1.25. The maximum Gasteiger partial charge on any atom is 0.345 e. The Labute approximate surface area is 82.4 Å². The maximum absolute atomic E-state index is 11.4. The molecule has 1 atom stereocenters. The molecule has 0 aliphatic carbocycles. The summed E-state index contributed by atoms with van der Waals surface area (Å²) in [5.41, 5.74) is 0. The molecule has 13 heavy (non-hydrogen) atoms. The summed E-state index contributed by atoms with van der Waals surface area (Å²) < 4.78 is 13.0. The van der Waals surface area contributed by atoms with Crippen LogP contribution in [0.25, 0.3) is 0 Å². The minimum Gasteiger partial charge on any atom is -0.477 e. The fourth-order valence-corrected chi connectivity index (χ4v) is 2.53. The van der Waals surface area contributed by atoms with E-state index in [1.165, 1.54) is 10.4 Å². The molecule has 0 aromatic carbocycles. The molecule has 4 nitrogen and oxygen atoms in total. The normalized spacial score (nSPS) is 13.2. The molecule has 0 radical (unpaired) electrons. The van der Waals surface area contributed by atoms with Crippen LogP contribution < -0.4 is 0 Å². The number of thiophene rings is 1. The number of rotatable bonds is 3. The number of carboxylic acid groups (broad SMARTS) is 1. The first kappa shape index (κ1) is 10.4. The van der Waals surface area contributed by atoms with E-state index in [2.05, 4.69) is 0 Å². The number of carbonyl (C=O) groups is 1. The lowest BCUT2D eigenvalue weighted by Crippen LogP contribution is -2.14. The summed E-state index contributed by atoms with van der Waals surface area (Å²) in [6.45, 7) is 0. The van der Waals surface area contributed by atoms with Crippen LogP contribution >= 0.6 is 11.3 Å². The fourth-order valence-electron chi connectivity index (χ4n) is 0.733. The van der Waals surface area contributed by atoms with E-state index in [1.54, 1.807) is 19.5 Å². The molecule has 72 valence electrons. The van der Waals surface area contributed by atoms with E-state index < -0.39 is 17.0 Å². The monoisotopic (exact) mass is 219 g/mol. The van der Waals surface area contributed by atoms with E-state index in [1.807, 2.05) is 0 Å². The van der Waals surface area contributed by atoms with E-state index in [0.29, 0.717) is 4.90 Å². The van der Waals surface area contributed by atoms with Gasteiger partial charge in [-0.1, -0.05) is 0 Å². The van der Waals surface area contributed by atoms with Gasteiger partial charge < -0.3 is 5.11 Å². The van der Waals surface area contributed by atoms with Gasteiger partial charge in [0.25, 0.3) is 0 Å². The highest BCUT2D eigenvalue weighted by Crippen LogP contribution is 2.18. The van der Waals surface area contributed by atoms with E-state index in [0.717, 1.165) is 11.3 Å². The van der Waals surface area contributed by atoms with Crippen LogP contribution in [0.5, 0.6) is 0 Å². The first-order valence-electron chi connectivity index (χ1n) is 3.43. The SMILES string of the molecule is CN(C)S(=O)c1csc(C(=O)O)c1. The Kier molecular flexibility index (Phi) is 3.18. The molecule has 0 aliphatic rings. The van der Waals surface area contributed by atoms with Gasteiger partial charge in [0.15, 0.2) is 0 Å². The zero-order chi connectivity index (χ0) is 10.0. The predicted octanol–water partition coefficient (Wildman–Crippen LogP) is 1.03. The first-order valence-corrected chi connectivity index (χ1v) is 5.42. The Hall–Kier alpha value is -0.720. The van der Waals surface area contributed by atoms with Crippen molar-refractivity contribution in [3.8, 4) is 0 Å². The molecule has 6 heteroatoms. The molecule has 0 aliphatic heterocycles. The molecule has 1 heterocycles. The van der Waals surface area contributed by atoms with E-state index >= 15 is 0 Å². The molecule has 1 rings (SSSR count). The molecule has 0 saturated heterocycles. The molecule has 0 saturated carbocycles. The van der Waals surface area contributed by atoms with E-state index in [-0.39, 0.29) is 4.88 Å². The lowest BCUT2D eigenvalue weighted by molar-refractivity contribution is 0.0702. The van der Waals surface area contributed by atoms with Crippen LogP contribution in [-0.2, 0) is 11.0 Å². The Morgan fingerprint density at radius 2 is 2.23 bits per heavy atom. The summed E-state index contributed by atoms with van der Waals surface area (Å²) in [6.07, 6.45) is 0. The molecule has 1 aromatic heterocycles. The van der Waals surface area contributed by atoms with E-state index in [9.17, 15) is 9.00 Å². The van der Waals surface area contributed by atoms with Gasteiger partial charge in [0.05, 0.1) is 4.90 Å². The maximum atomic E-state index is 11.4. The van der Waals surface area contributed by atoms with Crippen molar-refractivity contribution >= 4 is 28.3 Å². The Morgan fingerprint density at radius 1 is 1.62 bits per heavy atom. The highest BCUT2D eigenvalue weighted by Gasteiger charge is 2.12. The van der Waals surface area contributed by atoms with Crippen molar-refractivity contribution in [3.63, 3.8) is 0 Å². The fraction of sp³-hybridized carbons (Fsp3) is 0.286. The van der Waals surface area contributed by atoms with Gasteiger partial charge >= 0.3 is 5.97 Å². The van der Waals surface area contributed by atoms with Gasteiger partial charge in [-0.05, 0) is 20.2 Å². The third-order valence-electron chi connectivity index (χ3n) is 1.32. The van der Waals surface area contributed by atoms with Crippen LogP contribution in [-0.4, -0.2) is 33.7 Å². The van der Waals surface area contributed by atoms with Gasteiger partial charge in [-0.15, -0.1) is 11.3 Å². The van der Waals surface area contributed by atoms with Crippen molar-refractivity contribution in [2.75, 3.05) is 14.1 Å². The van der Waals surface area contributed by atoms with Crippen molar-refractivity contribution in [2.45, 2.75) is 4.90 Å².